The second-order valence-corrected chi connectivity index (χ2v) is 20.2. The molecule has 0 atom stereocenters. The maximum atomic E-state index is 11.2. The molecule has 0 heterocycles. The summed E-state index contributed by atoms with van der Waals surface area (Å²) in [6.07, 6.45) is 5.17. The van der Waals surface area contributed by atoms with Crippen molar-refractivity contribution in [2.45, 2.75) is 86.7 Å². The highest BCUT2D eigenvalue weighted by Gasteiger charge is 2.40. The summed E-state index contributed by atoms with van der Waals surface area (Å²) in [5, 5.41) is 16.8. The molecule has 0 amide bonds. The van der Waals surface area contributed by atoms with E-state index in [1.54, 1.807) is 19.9 Å². The van der Waals surface area contributed by atoms with Gasteiger partial charge in [-0.2, -0.15) is 0 Å². The summed E-state index contributed by atoms with van der Waals surface area (Å²) in [5.41, 5.74) is 0.777. The van der Waals surface area contributed by atoms with Crippen molar-refractivity contribution in [3.63, 3.8) is 0 Å². The van der Waals surface area contributed by atoms with Gasteiger partial charge in [-0.15, -0.1) is 4.82 Å². The van der Waals surface area contributed by atoms with Crippen LogP contribution in [0.3, 0.4) is 0 Å². The number of carbonyl (C=O) groups excluding carboxylic acids is 1. The number of esters is 1. The average Bonchev–Trinajstić information content (AvgIpc) is 2.94. The molecule has 16 heteroatoms. The summed E-state index contributed by atoms with van der Waals surface area (Å²) >= 11 is 0. The van der Waals surface area contributed by atoms with Crippen LogP contribution >= 0.6 is 0 Å². The molecule has 0 fully saturated rings. The number of carboxylic acid groups (broad SMARTS) is 2. The van der Waals surface area contributed by atoms with Gasteiger partial charge >= 0.3 is 35.5 Å². The summed E-state index contributed by atoms with van der Waals surface area (Å²) in [5.74, 6) is -2.04. The quantitative estimate of drug-likeness (QED) is 0.0692. The van der Waals surface area contributed by atoms with Crippen molar-refractivity contribution < 1.29 is 55.9 Å². The number of allylic oxidation sites excluding steroid dienone is 1. The van der Waals surface area contributed by atoms with E-state index in [2.05, 4.69) is 6.58 Å². The van der Waals surface area contributed by atoms with Gasteiger partial charge in [0, 0.05) is 89.4 Å². The minimum atomic E-state index is -2.61. The van der Waals surface area contributed by atoms with Crippen LogP contribution in [0.15, 0.2) is 34.7 Å². The van der Waals surface area contributed by atoms with Gasteiger partial charge in [0.2, 0.25) is 0 Å². The van der Waals surface area contributed by atoms with Gasteiger partial charge in [-0.3, -0.25) is 0 Å². The fraction of sp³-hybridized carbons (Fsp3) is 0.690. The molecule has 0 aromatic heterocycles. The van der Waals surface area contributed by atoms with Crippen molar-refractivity contribution in [3.05, 3.63) is 34.7 Å². The van der Waals surface area contributed by atoms with E-state index in [9.17, 15) is 14.4 Å². The molecule has 12 nitrogen and oxygen atoms in total. The summed E-state index contributed by atoms with van der Waals surface area (Å²) in [4.78, 5) is 32.8. The molecule has 0 aliphatic carbocycles. The van der Waals surface area contributed by atoms with E-state index >= 15 is 0 Å². The molecule has 0 saturated carbocycles. The van der Waals surface area contributed by atoms with Gasteiger partial charge in [0.05, 0.1) is 6.61 Å². The molecule has 0 radical (unpaired) electrons. The zero-order valence-corrected chi connectivity index (χ0v) is 35.3. The van der Waals surface area contributed by atoms with Crippen LogP contribution in [0.1, 0.15) is 74.7 Å². The minimum Gasteiger partial charge on any atom is -0.478 e. The summed E-state index contributed by atoms with van der Waals surface area (Å²) in [7, 11) is -3.36. The summed E-state index contributed by atoms with van der Waals surface area (Å²) < 4.78 is 39.3. The van der Waals surface area contributed by atoms with Gasteiger partial charge in [0.15, 0.2) is 0 Å². The molecular formula is C29H60O12Si4. The zero-order chi connectivity index (χ0) is 35.3. The fourth-order valence-electron chi connectivity index (χ4n) is 3.55. The number of carboxylic acids is 2. The number of rotatable bonds is 23. The summed E-state index contributed by atoms with van der Waals surface area (Å²) in [6, 6.07) is 1.36. The lowest BCUT2D eigenvalue weighted by Crippen LogP contribution is -2.46. The standard InChI is InChI=1S/2C13H26O5Si.C3H8O2Si2/c1-6-16-19(17-7-2,18-8-3)11-9-10-15-13(14)12(4)5;1-5-16-19(17-6-2,18-7-3)11-9-8-10-12(4)13(14)15;4-2(5)1-3(6)7/h4,6-11H2,1-3,5H3;10H,5-9,11H2,1-4H3,(H,14,15);1H,6-7H3,(H,4,5). The molecule has 0 aliphatic heterocycles. The maximum absolute atomic E-state index is 11.2. The molecule has 0 saturated heterocycles. The minimum absolute atomic E-state index is 0.327. The largest absolute Gasteiger partial charge is 0.501 e. The van der Waals surface area contributed by atoms with E-state index in [4.69, 9.17) is 41.5 Å². The first-order valence-corrected chi connectivity index (χ1v) is 21.5. The Morgan fingerprint density at radius 3 is 1.36 bits per heavy atom. The first kappa shape index (κ1) is 47.7. The first-order chi connectivity index (χ1) is 21.1. The van der Waals surface area contributed by atoms with Gasteiger partial charge in [-0.05, 0) is 74.7 Å². The lowest BCUT2D eigenvalue weighted by molar-refractivity contribution is -0.139. The zero-order valence-electron chi connectivity index (χ0n) is 29.3. The van der Waals surface area contributed by atoms with Crippen molar-refractivity contribution in [2.24, 2.45) is 0 Å². The van der Waals surface area contributed by atoms with Crippen molar-refractivity contribution in [3.8, 4) is 0 Å². The molecule has 0 unspecified atom stereocenters. The van der Waals surface area contributed by atoms with Gasteiger partial charge < -0.3 is 41.5 Å². The Morgan fingerprint density at radius 2 is 1.09 bits per heavy atom. The fourth-order valence-corrected chi connectivity index (χ4v) is 9.26. The van der Waals surface area contributed by atoms with Gasteiger partial charge in [-0.25, -0.2) is 14.4 Å². The number of aliphatic carboxylic acids is 2. The lowest BCUT2D eigenvalue weighted by Gasteiger charge is -2.28. The average molecular weight is 713 g/mol. The number of hydrogen-bond acceptors (Lipinski definition) is 10. The Kier molecular flexibility index (Phi) is 31.4. The van der Waals surface area contributed by atoms with Crippen LogP contribution in [0.5, 0.6) is 0 Å². The highest BCUT2D eigenvalue weighted by atomic mass is 28.4. The van der Waals surface area contributed by atoms with Crippen LogP contribution in [0.4, 0.5) is 0 Å². The Hall–Kier alpha value is -1.74. The van der Waals surface area contributed by atoms with Gasteiger partial charge in [0.25, 0.3) is 0 Å². The van der Waals surface area contributed by atoms with E-state index in [1.807, 2.05) is 41.5 Å². The molecule has 0 aliphatic rings. The Balaban J connectivity index is -0.000000648. The number of unbranched alkanes of at least 4 members (excludes halogenated alkanes) is 1. The lowest BCUT2D eigenvalue weighted by atomic mass is 10.2. The number of carbonyl (C=O) groups is 3. The second kappa shape index (κ2) is 29.6. The van der Waals surface area contributed by atoms with E-state index in [0.29, 0.717) is 82.3 Å². The first-order valence-electron chi connectivity index (χ1n) is 15.6. The van der Waals surface area contributed by atoms with E-state index < -0.39 is 29.5 Å². The molecule has 0 aromatic carbocycles. The normalized spacial score (nSPS) is 11.5. The van der Waals surface area contributed by atoms with Crippen LogP contribution in [-0.4, -0.2) is 112 Å². The smallest absolute Gasteiger partial charge is 0.478 e. The molecule has 0 aromatic rings. The van der Waals surface area contributed by atoms with Crippen molar-refractivity contribution >= 4 is 56.0 Å². The summed E-state index contributed by atoms with van der Waals surface area (Å²) in [6.45, 7) is 22.0. The highest BCUT2D eigenvalue weighted by molar-refractivity contribution is 6.61. The van der Waals surface area contributed by atoms with Crippen LogP contribution in [0.25, 0.3) is 0 Å². The van der Waals surface area contributed by atoms with Crippen LogP contribution < -0.4 is 0 Å². The predicted octanol–water partition coefficient (Wildman–Crippen LogP) is 3.03. The van der Waals surface area contributed by atoms with Crippen LogP contribution in [-0.2, 0) is 45.7 Å². The van der Waals surface area contributed by atoms with Crippen molar-refractivity contribution in [1.29, 1.82) is 0 Å². The van der Waals surface area contributed by atoms with Gasteiger partial charge in [0.1, 0.15) is 0 Å². The Labute approximate surface area is 279 Å². The SMILES string of the molecule is C=C(C)C(=O)OCCC[Si](OCC)(OCC)OCC.CCO[Si](CCCC=C(C)C(=O)O)(OCC)OCC.O=C(O)C=C([SiH3])[SiH3]. The molecule has 0 spiro atoms. The molecule has 45 heavy (non-hydrogen) atoms. The second-order valence-electron chi connectivity index (χ2n) is 9.63. The third kappa shape index (κ3) is 27.1. The molecular weight excluding hydrogens is 653 g/mol. The van der Waals surface area contributed by atoms with Crippen molar-refractivity contribution in [2.75, 3.05) is 46.2 Å². The van der Waals surface area contributed by atoms with Crippen LogP contribution in [0, 0.1) is 0 Å². The highest BCUT2D eigenvalue weighted by Crippen LogP contribution is 2.20. The third-order valence-electron chi connectivity index (χ3n) is 5.28. The third-order valence-corrected chi connectivity index (χ3v) is 12.2. The Morgan fingerprint density at radius 1 is 0.711 bits per heavy atom. The monoisotopic (exact) mass is 712 g/mol. The van der Waals surface area contributed by atoms with Crippen molar-refractivity contribution in [1.82, 2.24) is 0 Å². The van der Waals surface area contributed by atoms with E-state index in [0.717, 1.165) is 31.7 Å². The molecule has 0 bridgehead atoms. The Bertz CT molecular complexity index is 858. The molecule has 0 rings (SSSR count). The van der Waals surface area contributed by atoms with E-state index in [1.165, 1.54) is 6.08 Å². The molecule has 264 valence electrons. The molecule has 2 N–H and O–H groups in total. The number of hydrogen-bond donors (Lipinski definition) is 2. The topological polar surface area (TPSA) is 156 Å². The van der Waals surface area contributed by atoms with E-state index in [-0.39, 0.29) is 5.97 Å². The number of ether oxygens (including phenoxy) is 1. The van der Waals surface area contributed by atoms with Crippen LogP contribution in [0.2, 0.25) is 12.1 Å². The maximum Gasteiger partial charge on any atom is 0.501 e. The predicted molar refractivity (Wildman–Crippen MR) is 187 cm³/mol. The van der Waals surface area contributed by atoms with Gasteiger partial charge in [-0.1, -0.05) is 12.7 Å².